The van der Waals surface area contributed by atoms with Gasteiger partial charge in [0.2, 0.25) is 20.0 Å². The van der Waals surface area contributed by atoms with Crippen molar-refractivity contribution < 1.29 is 16.8 Å². The van der Waals surface area contributed by atoms with Crippen molar-refractivity contribution in [1.29, 1.82) is 0 Å². The number of benzene rings is 2. The summed E-state index contributed by atoms with van der Waals surface area (Å²) in [6.07, 6.45) is 0. The van der Waals surface area contributed by atoms with E-state index in [-0.39, 0.29) is 9.79 Å². The monoisotopic (exact) mass is 374 g/mol. The first-order valence-corrected chi connectivity index (χ1v) is 9.91. The number of rotatable bonds is 5. The predicted octanol–water partition coefficient (Wildman–Crippen LogP) is 2.03. The minimum Gasteiger partial charge on any atom is -0.225 e. The summed E-state index contributed by atoms with van der Waals surface area (Å²) < 4.78 is 49.5. The summed E-state index contributed by atoms with van der Waals surface area (Å²) in [5.41, 5.74) is 0.606. The molecule has 0 aliphatic carbocycles. The van der Waals surface area contributed by atoms with Gasteiger partial charge in [-0.2, -0.15) is 0 Å². The highest BCUT2D eigenvalue weighted by molar-refractivity contribution is 7.89. The molecule has 0 bridgehead atoms. The largest absolute Gasteiger partial charge is 0.241 e. The van der Waals surface area contributed by atoms with Crippen LogP contribution >= 0.6 is 11.6 Å². The van der Waals surface area contributed by atoms with Crippen LogP contribution in [0.5, 0.6) is 0 Å². The van der Waals surface area contributed by atoms with E-state index in [1.165, 1.54) is 48.5 Å². The van der Waals surface area contributed by atoms with Gasteiger partial charge in [-0.3, -0.25) is 0 Å². The molecule has 0 fully saturated rings. The highest BCUT2D eigenvalue weighted by Crippen LogP contribution is 2.19. The summed E-state index contributed by atoms with van der Waals surface area (Å²) >= 11 is 5.74. The molecule has 0 heterocycles. The van der Waals surface area contributed by atoms with Gasteiger partial charge >= 0.3 is 0 Å². The third kappa shape index (κ3) is 4.52. The van der Waals surface area contributed by atoms with Crippen LogP contribution in [0.25, 0.3) is 0 Å². The van der Waals surface area contributed by atoms with Gasteiger partial charge in [0.05, 0.1) is 9.79 Å². The van der Waals surface area contributed by atoms with Crippen molar-refractivity contribution in [2.75, 3.05) is 0 Å². The second-order valence-corrected chi connectivity index (χ2v) is 8.62. The average molecular weight is 375 g/mol. The van der Waals surface area contributed by atoms with Crippen LogP contribution in [-0.2, 0) is 20.0 Å². The second-order valence-electron chi connectivity index (χ2n) is 4.91. The van der Waals surface area contributed by atoms with E-state index >= 15 is 0 Å². The third-order valence-corrected chi connectivity index (χ3v) is 5.90. The van der Waals surface area contributed by atoms with Crippen molar-refractivity contribution in [1.82, 2.24) is 4.72 Å². The highest BCUT2D eigenvalue weighted by atomic mass is 35.5. The van der Waals surface area contributed by atoms with Gasteiger partial charge in [-0.15, -0.1) is 0 Å². The van der Waals surface area contributed by atoms with Crippen molar-refractivity contribution in [2.24, 2.45) is 5.14 Å². The maximum absolute atomic E-state index is 12.3. The summed E-state index contributed by atoms with van der Waals surface area (Å²) in [6.45, 7) is 1.65. The number of hydrogen-bond acceptors (Lipinski definition) is 4. The summed E-state index contributed by atoms with van der Waals surface area (Å²) in [4.78, 5) is 0.0592. The normalized spacial score (nSPS) is 13.7. The van der Waals surface area contributed by atoms with E-state index in [2.05, 4.69) is 4.72 Å². The number of halogens is 1. The lowest BCUT2D eigenvalue weighted by molar-refractivity contribution is 0.566. The zero-order valence-corrected chi connectivity index (χ0v) is 14.5. The molecule has 0 saturated carbocycles. The summed E-state index contributed by atoms with van der Waals surface area (Å²) in [6, 6.07) is 10.9. The van der Waals surface area contributed by atoms with Crippen LogP contribution in [0, 0.1) is 0 Å². The quantitative estimate of drug-likeness (QED) is 0.834. The predicted molar refractivity (Wildman–Crippen MR) is 88.0 cm³/mol. The van der Waals surface area contributed by atoms with Gasteiger partial charge in [-0.05, 0) is 48.9 Å². The molecule has 2 rings (SSSR count). The Morgan fingerprint density at radius 3 is 1.87 bits per heavy atom. The van der Waals surface area contributed by atoms with E-state index < -0.39 is 26.1 Å². The second kappa shape index (κ2) is 6.58. The maximum atomic E-state index is 12.3. The van der Waals surface area contributed by atoms with Crippen molar-refractivity contribution in [3.05, 3.63) is 59.1 Å². The van der Waals surface area contributed by atoms with E-state index in [1.54, 1.807) is 6.92 Å². The molecular formula is C14H15ClN2O4S2. The lowest BCUT2D eigenvalue weighted by Gasteiger charge is -2.15. The molecule has 0 amide bonds. The molecule has 0 radical (unpaired) electrons. The van der Waals surface area contributed by atoms with E-state index in [0.717, 1.165) is 0 Å². The lowest BCUT2D eigenvalue weighted by atomic mass is 10.1. The molecule has 0 aromatic heterocycles. The van der Waals surface area contributed by atoms with Gasteiger partial charge in [-0.1, -0.05) is 23.7 Å². The molecule has 2 aromatic rings. The molecule has 3 N–H and O–H groups in total. The first-order chi connectivity index (χ1) is 10.6. The Hall–Kier alpha value is -1.45. The van der Waals surface area contributed by atoms with Crippen LogP contribution in [0.2, 0.25) is 5.02 Å². The van der Waals surface area contributed by atoms with Crippen molar-refractivity contribution >= 4 is 31.6 Å². The average Bonchev–Trinajstić information content (AvgIpc) is 2.46. The van der Waals surface area contributed by atoms with Gasteiger partial charge in [0.1, 0.15) is 0 Å². The molecule has 0 aliphatic rings. The Bertz CT molecular complexity index is 893. The topological polar surface area (TPSA) is 106 Å². The van der Waals surface area contributed by atoms with E-state index in [1.807, 2.05) is 0 Å². The maximum Gasteiger partial charge on any atom is 0.241 e. The fraction of sp³-hybridized carbons (Fsp3) is 0.143. The summed E-state index contributed by atoms with van der Waals surface area (Å²) in [5.74, 6) is 0. The molecule has 0 saturated heterocycles. The standard InChI is InChI=1S/C14H15ClN2O4S2/c1-10(11-2-6-13(7-3-11)22(16,18)19)17-23(20,21)14-8-4-12(15)5-9-14/h2-10,17H,1H3,(H2,16,18,19)/t10-/m1/s1. The summed E-state index contributed by atoms with van der Waals surface area (Å²) in [7, 11) is -7.49. The van der Waals surface area contributed by atoms with Crippen LogP contribution in [0.3, 0.4) is 0 Å². The van der Waals surface area contributed by atoms with Crippen LogP contribution < -0.4 is 9.86 Å². The van der Waals surface area contributed by atoms with E-state index in [9.17, 15) is 16.8 Å². The first-order valence-electron chi connectivity index (χ1n) is 6.50. The number of hydrogen-bond donors (Lipinski definition) is 2. The van der Waals surface area contributed by atoms with Crippen molar-refractivity contribution in [3.8, 4) is 0 Å². The van der Waals surface area contributed by atoms with Crippen LogP contribution in [0.1, 0.15) is 18.5 Å². The number of primary sulfonamides is 1. The van der Waals surface area contributed by atoms with Crippen molar-refractivity contribution in [2.45, 2.75) is 22.8 Å². The van der Waals surface area contributed by atoms with E-state index in [0.29, 0.717) is 10.6 Å². The lowest BCUT2D eigenvalue weighted by Crippen LogP contribution is -2.27. The van der Waals surface area contributed by atoms with Crippen molar-refractivity contribution in [3.63, 3.8) is 0 Å². The molecule has 0 aliphatic heterocycles. The fourth-order valence-corrected chi connectivity index (χ4v) is 3.80. The number of nitrogens with two attached hydrogens (primary N) is 1. The Labute approximate surface area is 140 Å². The van der Waals surface area contributed by atoms with Gasteiger partial charge in [0.25, 0.3) is 0 Å². The molecule has 6 nitrogen and oxygen atoms in total. The molecule has 9 heteroatoms. The van der Waals surface area contributed by atoms with Gasteiger partial charge < -0.3 is 0 Å². The van der Waals surface area contributed by atoms with Gasteiger partial charge in [0.15, 0.2) is 0 Å². The number of nitrogens with one attached hydrogen (secondary N) is 1. The smallest absolute Gasteiger partial charge is 0.225 e. The molecule has 0 spiro atoms. The van der Waals surface area contributed by atoms with Crippen LogP contribution in [-0.4, -0.2) is 16.8 Å². The van der Waals surface area contributed by atoms with Crippen LogP contribution in [0.4, 0.5) is 0 Å². The first kappa shape index (κ1) is 17.9. The fourth-order valence-electron chi connectivity index (χ4n) is 1.93. The molecular weight excluding hydrogens is 360 g/mol. The third-order valence-electron chi connectivity index (χ3n) is 3.16. The number of sulfonamides is 2. The Morgan fingerprint density at radius 1 is 0.913 bits per heavy atom. The molecule has 2 aromatic carbocycles. The Kier molecular flexibility index (Phi) is 5.12. The Morgan fingerprint density at radius 2 is 1.39 bits per heavy atom. The minimum atomic E-state index is -3.78. The molecule has 1 atom stereocenters. The molecule has 0 unspecified atom stereocenters. The zero-order chi connectivity index (χ0) is 17.3. The van der Waals surface area contributed by atoms with Gasteiger partial charge in [0, 0.05) is 11.1 Å². The highest BCUT2D eigenvalue weighted by Gasteiger charge is 2.18. The summed E-state index contributed by atoms with van der Waals surface area (Å²) in [5, 5.41) is 5.46. The molecule has 23 heavy (non-hydrogen) atoms. The molecule has 124 valence electrons. The van der Waals surface area contributed by atoms with Crippen LogP contribution in [0.15, 0.2) is 58.3 Å². The minimum absolute atomic E-state index is 0.0333. The SMILES string of the molecule is C[C@@H](NS(=O)(=O)c1ccc(Cl)cc1)c1ccc(S(N)(=O)=O)cc1. The zero-order valence-electron chi connectivity index (χ0n) is 12.1. The van der Waals surface area contributed by atoms with Gasteiger partial charge in [-0.25, -0.2) is 26.7 Å². The Balaban J connectivity index is 2.21. The van der Waals surface area contributed by atoms with E-state index in [4.69, 9.17) is 16.7 Å².